The van der Waals surface area contributed by atoms with Crippen molar-refractivity contribution < 1.29 is 13.5 Å². The van der Waals surface area contributed by atoms with Crippen molar-refractivity contribution in [1.82, 2.24) is 24.5 Å². The predicted molar refractivity (Wildman–Crippen MR) is 128 cm³/mol. The number of nitrogens with one attached hydrogen (secondary N) is 2. The van der Waals surface area contributed by atoms with Gasteiger partial charge in [0.1, 0.15) is 6.07 Å². The summed E-state index contributed by atoms with van der Waals surface area (Å²) in [5.74, 6) is 0.501. The summed E-state index contributed by atoms with van der Waals surface area (Å²) in [4.78, 5) is 13.0. The number of benzene rings is 1. The average molecular weight is 504 g/mol. The molecule has 0 saturated carbocycles. The van der Waals surface area contributed by atoms with Gasteiger partial charge in [-0.25, -0.2) is 13.8 Å². The monoisotopic (exact) mass is 503 g/mol. The molecule has 2 fully saturated rings. The number of anilines is 4. The largest absolute Gasteiger partial charge is 0.378 e. The van der Waals surface area contributed by atoms with Crippen LogP contribution in [-0.2, 0) is 4.74 Å². The summed E-state index contributed by atoms with van der Waals surface area (Å²) in [6.07, 6.45) is -1.29. The van der Waals surface area contributed by atoms with E-state index in [-0.39, 0.29) is 22.9 Å². The molecule has 35 heavy (non-hydrogen) atoms. The molecule has 4 heterocycles. The lowest BCUT2D eigenvalue weighted by atomic mass is 10.1. The van der Waals surface area contributed by atoms with E-state index in [1.54, 1.807) is 0 Å². The van der Waals surface area contributed by atoms with Gasteiger partial charge in [0.25, 0.3) is 6.43 Å². The van der Waals surface area contributed by atoms with Crippen LogP contribution in [0.1, 0.15) is 24.6 Å². The van der Waals surface area contributed by atoms with Gasteiger partial charge in [-0.15, -0.1) is 5.10 Å². The van der Waals surface area contributed by atoms with Crippen LogP contribution in [0.4, 0.5) is 31.9 Å². The van der Waals surface area contributed by atoms with E-state index in [4.69, 9.17) is 16.3 Å². The van der Waals surface area contributed by atoms with Gasteiger partial charge < -0.3 is 20.3 Å². The lowest BCUT2D eigenvalue weighted by Gasteiger charge is -2.43. The molecule has 10 nitrogen and oxygen atoms in total. The minimum atomic E-state index is -2.68. The smallest absolute Gasteiger partial charge is 0.264 e. The van der Waals surface area contributed by atoms with Gasteiger partial charge in [-0.1, -0.05) is 11.6 Å². The molecule has 2 aliphatic heterocycles. The molecule has 184 valence electrons. The summed E-state index contributed by atoms with van der Waals surface area (Å²) < 4.78 is 34.3. The second-order valence-electron chi connectivity index (χ2n) is 8.35. The molecule has 1 aromatic carbocycles. The molecule has 5 rings (SSSR count). The average Bonchev–Trinajstić information content (AvgIpc) is 3.23. The summed E-state index contributed by atoms with van der Waals surface area (Å²) >= 11 is 6.74. The van der Waals surface area contributed by atoms with Gasteiger partial charge in [-0.05, 0) is 19.1 Å². The van der Waals surface area contributed by atoms with Crippen molar-refractivity contribution in [3.05, 3.63) is 34.6 Å². The molecule has 0 radical (unpaired) electrons. The Balaban J connectivity index is 1.47. The number of rotatable bonds is 7. The van der Waals surface area contributed by atoms with E-state index in [2.05, 4.69) is 30.6 Å². The number of nitrogens with zero attached hydrogens (tertiary/aromatic N) is 7. The van der Waals surface area contributed by atoms with E-state index in [0.717, 1.165) is 26.3 Å². The minimum absolute atomic E-state index is 0.0945. The molecule has 0 spiro atoms. The van der Waals surface area contributed by atoms with Gasteiger partial charge in [-0.3, -0.25) is 4.90 Å². The molecule has 0 unspecified atom stereocenters. The number of ether oxygens (including phenoxy) is 1. The fourth-order valence-corrected chi connectivity index (χ4v) is 4.53. The van der Waals surface area contributed by atoms with Crippen LogP contribution in [0.15, 0.2) is 18.3 Å². The van der Waals surface area contributed by atoms with Crippen molar-refractivity contribution in [2.45, 2.75) is 19.4 Å². The second-order valence-corrected chi connectivity index (χ2v) is 8.72. The summed E-state index contributed by atoms with van der Waals surface area (Å²) in [5, 5.41) is 20.1. The second kappa shape index (κ2) is 9.77. The Morgan fingerprint density at radius 3 is 2.66 bits per heavy atom. The van der Waals surface area contributed by atoms with Crippen LogP contribution < -0.4 is 15.5 Å². The molecule has 2 saturated heterocycles. The zero-order valence-electron chi connectivity index (χ0n) is 19.0. The van der Waals surface area contributed by atoms with E-state index in [0.29, 0.717) is 47.9 Å². The SMILES string of the molecule is CCNc1nc(Nc2cc(C(F)F)cc(N3CCN(C4COC4)CC3)c2Cl)nn2c(C#N)cnc12. The van der Waals surface area contributed by atoms with E-state index >= 15 is 0 Å². The molecule has 2 aromatic heterocycles. The first-order chi connectivity index (χ1) is 17.0. The van der Waals surface area contributed by atoms with Gasteiger partial charge >= 0.3 is 0 Å². The number of nitriles is 1. The Hall–Kier alpha value is -3.27. The zero-order valence-corrected chi connectivity index (χ0v) is 19.8. The zero-order chi connectivity index (χ0) is 24.5. The molecule has 13 heteroatoms. The normalized spacial score (nSPS) is 17.0. The summed E-state index contributed by atoms with van der Waals surface area (Å²) in [6.45, 7) is 6.86. The third-order valence-corrected chi connectivity index (χ3v) is 6.58. The number of fused-ring (bicyclic) bond motifs is 1. The number of aromatic nitrogens is 4. The first-order valence-corrected chi connectivity index (χ1v) is 11.7. The highest BCUT2D eigenvalue weighted by atomic mass is 35.5. The van der Waals surface area contributed by atoms with Crippen LogP contribution in [0, 0.1) is 11.3 Å². The van der Waals surface area contributed by atoms with Gasteiger partial charge in [0, 0.05) is 38.3 Å². The first-order valence-electron chi connectivity index (χ1n) is 11.3. The maximum Gasteiger partial charge on any atom is 0.264 e. The Bertz CT molecular complexity index is 1270. The quantitative estimate of drug-likeness (QED) is 0.502. The molecule has 3 aromatic rings. The first kappa shape index (κ1) is 23.5. The number of imidazole rings is 1. The number of hydrogen-bond donors (Lipinski definition) is 2. The van der Waals surface area contributed by atoms with Crippen molar-refractivity contribution in [1.29, 1.82) is 5.26 Å². The maximum atomic E-state index is 13.8. The predicted octanol–water partition coefficient (Wildman–Crippen LogP) is 3.28. The van der Waals surface area contributed by atoms with Crippen LogP contribution in [0.2, 0.25) is 5.02 Å². The van der Waals surface area contributed by atoms with Crippen LogP contribution in [0.3, 0.4) is 0 Å². The number of alkyl halides is 2. The molecule has 2 aliphatic rings. The number of piperazine rings is 1. The van der Waals surface area contributed by atoms with E-state index < -0.39 is 6.43 Å². The lowest BCUT2D eigenvalue weighted by Crippen LogP contribution is -2.56. The summed E-state index contributed by atoms with van der Waals surface area (Å²) in [7, 11) is 0. The highest BCUT2D eigenvalue weighted by Gasteiger charge is 2.30. The highest BCUT2D eigenvalue weighted by molar-refractivity contribution is 6.36. The molecule has 0 amide bonds. The van der Waals surface area contributed by atoms with E-state index in [9.17, 15) is 14.0 Å². The molecule has 0 aliphatic carbocycles. The van der Waals surface area contributed by atoms with E-state index in [1.807, 2.05) is 17.9 Å². The molecular formula is C22H24ClF2N9O. The van der Waals surface area contributed by atoms with Crippen molar-refractivity contribution >= 4 is 40.4 Å². The summed E-state index contributed by atoms with van der Waals surface area (Å²) in [5.41, 5.74) is 1.24. The number of hydrogen-bond acceptors (Lipinski definition) is 9. The van der Waals surface area contributed by atoms with Gasteiger partial charge in [0.05, 0.1) is 41.8 Å². The van der Waals surface area contributed by atoms with Crippen molar-refractivity contribution in [3.8, 4) is 6.07 Å². The van der Waals surface area contributed by atoms with Gasteiger partial charge in [0.2, 0.25) is 5.95 Å². The Morgan fingerprint density at radius 2 is 2.03 bits per heavy atom. The van der Waals surface area contributed by atoms with Gasteiger partial charge in [0.15, 0.2) is 17.2 Å². The molecular weight excluding hydrogens is 480 g/mol. The Labute approximate surface area is 205 Å². The summed E-state index contributed by atoms with van der Waals surface area (Å²) in [6, 6.07) is 5.20. The maximum absolute atomic E-state index is 13.8. The van der Waals surface area contributed by atoms with Crippen LogP contribution in [0.25, 0.3) is 5.65 Å². The number of halogens is 3. The Kier molecular flexibility index (Phi) is 6.55. The topological polar surface area (TPSA) is 107 Å². The molecule has 0 atom stereocenters. The standard InChI is InChI=1S/C22H24ClF2N9O/c1-2-27-20-21-28-10-14(9-26)34(21)31-22(30-20)29-16-7-13(19(24)25)8-17(18(16)23)33-5-3-32(4-6-33)15-11-35-12-15/h7-8,10,15,19H,2-6,11-12H2,1H3,(H2,27,29,30,31). The third kappa shape index (κ3) is 4.54. The highest BCUT2D eigenvalue weighted by Crippen LogP contribution is 2.39. The van der Waals surface area contributed by atoms with Crippen molar-refractivity contribution in [2.75, 3.05) is 61.5 Å². The van der Waals surface area contributed by atoms with Gasteiger partial charge in [-0.2, -0.15) is 14.8 Å². The Morgan fingerprint density at radius 1 is 1.26 bits per heavy atom. The lowest BCUT2D eigenvalue weighted by molar-refractivity contribution is -0.0660. The van der Waals surface area contributed by atoms with Crippen molar-refractivity contribution in [3.63, 3.8) is 0 Å². The minimum Gasteiger partial charge on any atom is -0.378 e. The third-order valence-electron chi connectivity index (χ3n) is 6.19. The molecule has 2 N–H and O–H groups in total. The van der Waals surface area contributed by atoms with Crippen molar-refractivity contribution in [2.24, 2.45) is 0 Å². The molecule has 0 bridgehead atoms. The van der Waals surface area contributed by atoms with E-state index in [1.165, 1.54) is 22.8 Å². The van der Waals surface area contributed by atoms with Crippen LogP contribution in [0.5, 0.6) is 0 Å². The fraction of sp³-hybridized carbons (Fsp3) is 0.455. The fourth-order valence-electron chi connectivity index (χ4n) is 4.26. The van der Waals surface area contributed by atoms with Crippen LogP contribution in [-0.4, -0.2) is 76.5 Å². The van der Waals surface area contributed by atoms with Crippen LogP contribution >= 0.6 is 11.6 Å².